The Morgan fingerprint density at radius 2 is 2.62 bits per heavy atom. The molecule has 1 aromatic rings. The molecular formula is C5H3ClN2. The van der Waals surface area contributed by atoms with Crippen LogP contribution in [-0.4, -0.2) is 10.2 Å². The number of hydrogen-bond donors (Lipinski definition) is 1. The highest BCUT2D eigenvalue weighted by molar-refractivity contribution is 6.31. The van der Waals surface area contributed by atoms with Crippen molar-refractivity contribution in [1.82, 2.24) is 10.2 Å². The molecule has 0 aliphatic heterocycles. The van der Waals surface area contributed by atoms with Crippen LogP contribution in [0.3, 0.4) is 0 Å². The van der Waals surface area contributed by atoms with Gasteiger partial charge in [-0.15, -0.1) is 6.42 Å². The summed E-state index contributed by atoms with van der Waals surface area (Å²) in [6, 6.07) is 0. The Morgan fingerprint density at radius 3 is 2.88 bits per heavy atom. The number of hydrogen-bond acceptors (Lipinski definition) is 1. The minimum absolute atomic E-state index is 0.493. The maximum Gasteiger partial charge on any atom is 0.126 e. The maximum absolute atomic E-state index is 5.50. The summed E-state index contributed by atoms with van der Waals surface area (Å²) in [6.07, 6.45) is 6.46. The average Bonchev–Trinajstić information content (AvgIpc) is 2.14. The first kappa shape index (κ1) is 5.20. The van der Waals surface area contributed by atoms with E-state index in [4.69, 9.17) is 18.0 Å². The number of aromatic nitrogens is 2. The molecule has 1 N–H and O–H groups in total. The van der Waals surface area contributed by atoms with Crippen LogP contribution in [0, 0.1) is 12.3 Å². The molecule has 1 aromatic heterocycles. The van der Waals surface area contributed by atoms with Gasteiger partial charge in [-0.25, -0.2) is 0 Å². The van der Waals surface area contributed by atoms with E-state index in [2.05, 4.69) is 16.1 Å². The number of H-pyrrole nitrogens is 1. The molecule has 0 aliphatic rings. The fraction of sp³-hybridized carbons (Fsp3) is 0. The van der Waals surface area contributed by atoms with Crippen molar-refractivity contribution in [2.45, 2.75) is 0 Å². The van der Waals surface area contributed by atoms with Gasteiger partial charge in [0.2, 0.25) is 0 Å². The lowest BCUT2D eigenvalue weighted by Gasteiger charge is -1.76. The minimum atomic E-state index is 0.493. The molecule has 1 rings (SSSR count). The van der Waals surface area contributed by atoms with Gasteiger partial charge in [-0.3, -0.25) is 5.10 Å². The van der Waals surface area contributed by atoms with Crippen molar-refractivity contribution in [3.05, 3.63) is 16.9 Å². The normalized spacial score (nSPS) is 8.50. The summed E-state index contributed by atoms with van der Waals surface area (Å²) in [4.78, 5) is 0. The van der Waals surface area contributed by atoms with Crippen molar-refractivity contribution in [2.24, 2.45) is 0 Å². The van der Waals surface area contributed by atoms with Gasteiger partial charge in [0.25, 0.3) is 0 Å². The summed E-state index contributed by atoms with van der Waals surface area (Å²) >= 11 is 5.50. The van der Waals surface area contributed by atoms with Crippen LogP contribution in [0.2, 0.25) is 5.02 Å². The molecule has 0 atom stereocenters. The highest BCUT2D eigenvalue weighted by Gasteiger charge is 1.93. The Morgan fingerprint density at radius 1 is 1.88 bits per heavy atom. The zero-order valence-corrected chi connectivity index (χ0v) is 4.74. The van der Waals surface area contributed by atoms with Gasteiger partial charge >= 0.3 is 0 Å². The van der Waals surface area contributed by atoms with Gasteiger partial charge < -0.3 is 0 Å². The number of nitrogens with one attached hydrogen (secondary N) is 1. The number of halogens is 1. The summed E-state index contributed by atoms with van der Waals surface area (Å²) in [5.74, 6) is 2.33. The van der Waals surface area contributed by atoms with Crippen LogP contribution in [0.5, 0.6) is 0 Å². The minimum Gasteiger partial charge on any atom is -0.268 e. The second kappa shape index (κ2) is 1.89. The molecule has 0 radical (unpaired) electrons. The number of aromatic amines is 1. The molecule has 0 spiro atoms. The molecule has 0 aromatic carbocycles. The highest BCUT2D eigenvalue weighted by atomic mass is 35.5. The zero-order valence-electron chi connectivity index (χ0n) is 3.98. The number of terminal acetylenes is 1. The molecule has 0 amide bonds. The lowest BCUT2D eigenvalue weighted by atomic mass is 10.5. The van der Waals surface area contributed by atoms with Crippen molar-refractivity contribution in [3.63, 3.8) is 0 Å². The number of rotatable bonds is 0. The molecule has 0 bridgehead atoms. The van der Waals surface area contributed by atoms with Gasteiger partial charge in [-0.1, -0.05) is 11.6 Å². The van der Waals surface area contributed by atoms with Gasteiger partial charge in [-0.2, -0.15) is 5.10 Å². The van der Waals surface area contributed by atoms with Crippen LogP contribution < -0.4 is 0 Å². The van der Waals surface area contributed by atoms with E-state index in [1.54, 1.807) is 0 Å². The molecule has 1 heterocycles. The zero-order chi connectivity index (χ0) is 5.98. The molecule has 0 saturated carbocycles. The maximum atomic E-state index is 5.50. The van der Waals surface area contributed by atoms with E-state index < -0.39 is 0 Å². The Hall–Kier alpha value is -0.940. The topological polar surface area (TPSA) is 28.7 Å². The van der Waals surface area contributed by atoms with Crippen LogP contribution >= 0.6 is 11.6 Å². The van der Waals surface area contributed by atoms with Crippen LogP contribution in [0.25, 0.3) is 0 Å². The molecule has 0 saturated heterocycles. The van der Waals surface area contributed by atoms with Gasteiger partial charge in [0.05, 0.1) is 11.2 Å². The molecule has 40 valence electrons. The molecule has 0 unspecified atom stereocenters. The van der Waals surface area contributed by atoms with Crippen molar-refractivity contribution >= 4 is 11.6 Å². The highest BCUT2D eigenvalue weighted by Crippen LogP contribution is 2.08. The van der Waals surface area contributed by atoms with Crippen molar-refractivity contribution in [1.29, 1.82) is 0 Å². The van der Waals surface area contributed by atoms with E-state index in [1.165, 1.54) is 6.20 Å². The fourth-order valence-corrected chi connectivity index (χ4v) is 0.518. The Kier molecular flexibility index (Phi) is 1.23. The lowest BCUT2D eigenvalue weighted by Crippen LogP contribution is -1.70. The summed E-state index contributed by atoms with van der Waals surface area (Å²) < 4.78 is 0. The molecule has 3 heteroatoms. The largest absolute Gasteiger partial charge is 0.268 e. The second-order valence-corrected chi connectivity index (χ2v) is 1.64. The molecule has 2 nitrogen and oxygen atoms in total. The first-order valence-electron chi connectivity index (χ1n) is 2.00. The van der Waals surface area contributed by atoms with E-state index in [0.717, 1.165) is 0 Å². The fourth-order valence-electron chi connectivity index (χ4n) is 0.373. The van der Waals surface area contributed by atoms with Crippen molar-refractivity contribution in [2.75, 3.05) is 0 Å². The molecular weight excluding hydrogens is 124 g/mol. The third-order valence-corrected chi connectivity index (χ3v) is 1.02. The second-order valence-electron chi connectivity index (χ2n) is 1.24. The first-order valence-corrected chi connectivity index (χ1v) is 2.38. The quantitative estimate of drug-likeness (QED) is 0.517. The van der Waals surface area contributed by atoms with Gasteiger partial charge in [-0.05, 0) is 5.92 Å². The Balaban J connectivity index is 3.15. The van der Waals surface area contributed by atoms with Gasteiger partial charge in [0.15, 0.2) is 0 Å². The number of nitrogens with zero attached hydrogens (tertiary/aromatic N) is 1. The lowest BCUT2D eigenvalue weighted by molar-refractivity contribution is 1.08. The summed E-state index contributed by atoms with van der Waals surface area (Å²) in [7, 11) is 0. The standard InChI is InChI=1S/C5H3ClN2/c1-2-5-4(6)3-7-8-5/h1,3H,(H,7,8). The van der Waals surface area contributed by atoms with Crippen LogP contribution in [0.15, 0.2) is 6.20 Å². The van der Waals surface area contributed by atoms with E-state index in [-0.39, 0.29) is 0 Å². The van der Waals surface area contributed by atoms with E-state index in [9.17, 15) is 0 Å². The summed E-state index contributed by atoms with van der Waals surface area (Å²) in [5, 5.41) is 6.62. The first-order chi connectivity index (χ1) is 3.84. The van der Waals surface area contributed by atoms with Gasteiger partial charge in [0, 0.05) is 0 Å². The van der Waals surface area contributed by atoms with Crippen LogP contribution in [-0.2, 0) is 0 Å². The van der Waals surface area contributed by atoms with Crippen LogP contribution in [0.4, 0.5) is 0 Å². The predicted molar refractivity (Wildman–Crippen MR) is 31.5 cm³/mol. The Bertz CT molecular complexity index is 221. The SMILES string of the molecule is C#Cc1[nH]ncc1Cl. The average molecular weight is 127 g/mol. The monoisotopic (exact) mass is 126 g/mol. The summed E-state index contributed by atoms with van der Waals surface area (Å²) in [5.41, 5.74) is 0.534. The summed E-state index contributed by atoms with van der Waals surface area (Å²) in [6.45, 7) is 0. The van der Waals surface area contributed by atoms with Gasteiger partial charge in [0.1, 0.15) is 5.69 Å². The molecule has 0 fully saturated rings. The predicted octanol–water partition coefficient (Wildman–Crippen LogP) is 1.04. The van der Waals surface area contributed by atoms with Crippen molar-refractivity contribution in [3.8, 4) is 12.3 Å². The molecule has 0 aliphatic carbocycles. The molecule has 8 heavy (non-hydrogen) atoms. The smallest absolute Gasteiger partial charge is 0.126 e. The third kappa shape index (κ3) is 0.682. The van der Waals surface area contributed by atoms with Crippen LogP contribution in [0.1, 0.15) is 5.69 Å². The van der Waals surface area contributed by atoms with Crippen molar-refractivity contribution < 1.29 is 0 Å². The van der Waals surface area contributed by atoms with E-state index in [1.807, 2.05) is 0 Å². The van der Waals surface area contributed by atoms with E-state index >= 15 is 0 Å². The van der Waals surface area contributed by atoms with E-state index in [0.29, 0.717) is 10.7 Å². The Labute approximate surface area is 51.9 Å². The third-order valence-electron chi connectivity index (χ3n) is 0.737.